The van der Waals surface area contributed by atoms with Gasteiger partial charge in [0.05, 0.1) is 0 Å². The molecule has 0 aromatic heterocycles. The van der Waals surface area contributed by atoms with E-state index in [9.17, 15) is 14.4 Å². The summed E-state index contributed by atoms with van der Waals surface area (Å²) in [6.07, 6.45) is 1.38. The molecule has 0 radical (unpaired) electrons. The van der Waals surface area contributed by atoms with E-state index in [1.54, 1.807) is 25.7 Å². The molecule has 0 spiro atoms. The van der Waals surface area contributed by atoms with Gasteiger partial charge in [-0.25, -0.2) is 4.79 Å². The Hall–Kier alpha value is -2.57. The third-order valence-electron chi connectivity index (χ3n) is 5.73. The van der Waals surface area contributed by atoms with Crippen molar-refractivity contribution in [1.29, 1.82) is 0 Å². The number of amides is 3. The fourth-order valence-corrected chi connectivity index (χ4v) is 4.00. The van der Waals surface area contributed by atoms with Crippen LogP contribution in [0.3, 0.4) is 0 Å². The van der Waals surface area contributed by atoms with Crippen LogP contribution in [0.25, 0.3) is 0 Å². The van der Waals surface area contributed by atoms with Crippen LogP contribution < -0.4 is 10.6 Å². The number of nitrogens with one attached hydrogen (secondary N) is 2. The van der Waals surface area contributed by atoms with Crippen molar-refractivity contribution in [2.75, 3.05) is 6.54 Å². The lowest BCUT2D eigenvalue weighted by Gasteiger charge is -2.37. The Labute approximate surface area is 218 Å². The lowest BCUT2D eigenvalue weighted by Crippen LogP contribution is -2.55. The quantitative estimate of drug-likeness (QED) is 0.421. The number of unbranched alkanes of at least 4 members (excludes halogenated alkanes) is 1. The number of hydrogen-bond acceptors (Lipinski definition) is 4. The van der Waals surface area contributed by atoms with Crippen molar-refractivity contribution in [3.63, 3.8) is 0 Å². The molecule has 1 aromatic rings. The Morgan fingerprint density at radius 2 is 1.64 bits per heavy atom. The molecule has 7 heteroatoms. The van der Waals surface area contributed by atoms with E-state index in [2.05, 4.69) is 17.6 Å². The van der Waals surface area contributed by atoms with E-state index in [1.807, 2.05) is 66.7 Å². The maximum Gasteiger partial charge on any atom is 0.408 e. The SMILES string of the molecule is CCCCN(C(=O)C(CC(C)C)NC(=O)OC(C)(C)C)C(C(=O)NC(C)(C)C)c1cccc(C)c1C. The van der Waals surface area contributed by atoms with Crippen LogP contribution in [0.2, 0.25) is 0 Å². The third kappa shape index (κ3) is 10.2. The molecule has 3 amide bonds. The highest BCUT2D eigenvalue weighted by Gasteiger charge is 2.38. The summed E-state index contributed by atoms with van der Waals surface area (Å²) in [5, 5.41) is 5.88. The van der Waals surface area contributed by atoms with Crippen molar-refractivity contribution >= 4 is 17.9 Å². The van der Waals surface area contributed by atoms with Crippen LogP contribution >= 0.6 is 0 Å². The van der Waals surface area contributed by atoms with Crippen LogP contribution in [0.15, 0.2) is 18.2 Å². The van der Waals surface area contributed by atoms with Gasteiger partial charge in [0.15, 0.2) is 0 Å². The predicted molar refractivity (Wildman–Crippen MR) is 146 cm³/mol. The average Bonchev–Trinajstić information content (AvgIpc) is 2.69. The molecule has 0 saturated carbocycles. The molecule has 0 aliphatic carbocycles. The zero-order valence-corrected chi connectivity index (χ0v) is 24.4. The summed E-state index contributed by atoms with van der Waals surface area (Å²) in [4.78, 5) is 42.2. The number of benzene rings is 1. The molecule has 0 bridgehead atoms. The summed E-state index contributed by atoms with van der Waals surface area (Å²) in [5.74, 6) is -0.372. The van der Waals surface area contributed by atoms with E-state index >= 15 is 0 Å². The minimum absolute atomic E-state index is 0.143. The number of carbonyl (C=O) groups is 3. The molecule has 0 saturated heterocycles. The molecule has 36 heavy (non-hydrogen) atoms. The molecule has 2 atom stereocenters. The van der Waals surface area contributed by atoms with Crippen LogP contribution in [-0.4, -0.2) is 46.5 Å². The molecule has 204 valence electrons. The Balaban J connectivity index is 3.59. The van der Waals surface area contributed by atoms with E-state index < -0.39 is 29.3 Å². The highest BCUT2D eigenvalue weighted by molar-refractivity contribution is 5.92. The Bertz CT molecular complexity index is 897. The maximum atomic E-state index is 14.1. The zero-order valence-electron chi connectivity index (χ0n) is 24.4. The topological polar surface area (TPSA) is 87.7 Å². The van der Waals surface area contributed by atoms with Gasteiger partial charge >= 0.3 is 6.09 Å². The minimum Gasteiger partial charge on any atom is -0.444 e. The van der Waals surface area contributed by atoms with E-state index in [1.165, 1.54) is 0 Å². The van der Waals surface area contributed by atoms with Gasteiger partial charge in [-0.15, -0.1) is 0 Å². The fraction of sp³-hybridized carbons (Fsp3) is 0.690. The van der Waals surface area contributed by atoms with Crippen LogP contribution in [0, 0.1) is 19.8 Å². The van der Waals surface area contributed by atoms with Gasteiger partial charge in [-0.1, -0.05) is 45.4 Å². The lowest BCUT2D eigenvalue weighted by molar-refractivity contribution is -0.143. The Morgan fingerprint density at radius 1 is 1.03 bits per heavy atom. The first-order valence-electron chi connectivity index (χ1n) is 13.1. The van der Waals surface area contributed by atoms with Crippen LogP contribution in [-0.2, 0) is 14.3 Å². The number of alkyl carbamates (subject to hydrolysis) is 1. The van der Waals surface area contributed by atoms with Gasteiger partial charge in [-0.3, -0.25) is 9.59 Å². The number of ether oxygens (including phenoxy) is 1. The molecule has 1 rings (SSSR count). The summed E-state index contributed by atoms with van der Waals surface area (Å²) in [6, 6.07) is 4.20. The van der Waals surface area contributed by atoms with Gasteiger partial charge in [0.1, 0.15) is 17.7 Å². The summed E-state index contributed by atoms with van der Waals surface area (Å²) >= 11 is 0. The maximum absolute atomic E-state index is 14.1. The lowest BCUT2D eigenvalue weighted by atomic mass is 9.93. The predicted octanol–water partition coefficient (Wildman–Crippen LogP) is 5.83. The first kappa shape index (κ1) is 31.5. The summed E-state index contributed by atoms with van der Waals surface area (Å²) in [6.45, 7) is 21.6. The smallest absolute Gasteiger partial charge is 0.408 e. The van der Waals surface area contributed by atoms with E-state index in [0.717, 1.165) is 29.5 Å². The standard InChI is InChI=1S/C29H49N3O4/c1-12-13-17-32(26(34)23(18-19(2)3)30-27(35)36-29(9,10)11)24(25(33)31-28(6,7)8)22-16-14-15-20(4)21(22)5/h14-16,19,23-24H,12-13,17-18H2,1-11H3,(H,30,35)(H,31,33). The molecule has 7 nitrogen and oxygen atoms in total. The summed E-state index contributed by atoms with van der Waals surface area (Å²) < 4.78 is 5.45. The zero-order chi connectivity index (χ0) is 27.8. The second-order valence-electron chi connectivity index (χ2n) is 12.1. The molecular formula is C29H49N3O4. The molecule has 0 aliphatic rings. The first-order valence-corrected chi connectivity index (χ1v) is 13.1. The molecule has 2 unspecified atom stereocenters. The van der Waals surface area contributed by atoms with Crippen molar-refractivity contribution in [1.82, 2.24) is 15.5 Å². The van der Waals surface area contributed by atoms with Gasteiger partial charge < -0.3 is 20.3 Å². The van der Waals surface area contributed by atoms with E-state index in [-0.39, 0.29) is 17.7 Å². The van der Waals surface area contributed by atoms with E-state index in [4.69, 9.17) is 4.74 Å². The second kappa shape index (κ2) is 13.1. The number of rotatable bonds is 10. The number of carbonyl (C=O) groups excluding carboxylic acids is 3. The van der Waals surface area contributed by atoms with E-state index in [0.29, 0.717) is 13.0 Å². The highest BCUT2D eigenvalue weighted by Crippen LogP contribution is 2.29. The van der Waals surface area contributed by atoms with Gasteiger partial charge in [0, 0.05) is 12.1 Å². The monoisotopic (exact) mass is 503 g/mol. The highest BCUT2D eigenvalue weighted by atomic mass is 16.6. The Kier molecular flexibility index (Phi) is 11.5. The molecule has 2 N–H and O–H groups in total. The second-order valence-corrected chi connectivity index (χ2v) is 12.1. The van der Waals surface area contributed by atoms with Gasteiger partial charge in [0.25, 0.3) is 0 Å². The third-order valence-corrected chi connectivity index (χ3v) is 5.73. The van der Waals surface area contributed by atoms with Crippen molar-refractivity contribution < 1.29 is 19.1 Å². The Morgan fingerprint density at radius 3 is 2.14 bits per heavy atom. The number of aryl methyl sites for hydroxylation is 1. The van der Waals surface area contributed by atoms with Crippen molar-refractivity contribution in [2.24, 2.45) is 5.92 Å². The van der Waals surface area contributed by atoms with Crippen molar-refractivity contribution in [2.45, 2.75) is 119 Å². The molecule has 0 aliphatic heterocycles. The molecule has 0 heterocycles. The first-order chi connectivity index (χ1) is 16.5. The van der Waals surface area contributed by atoms with Gasteiger partial charge in [0.2, 0.25) is 11.8 Å². The summed E-state index contributed by atoms with van der Waals surface area (Å²) in [7, 11) is 0. The molecular weight excluding hydrogens is 454 g/mol. The number of nitrogens with zero attached hydrogens (tertiary/aromatic N) is 1. The van der Waals surface area contributed by atoms with Crippen LogP contribution in [0.5, 0.6) is 0 Å². The number of hydrogen-bond donors (Lipinski definition) is 2. The van der Waals surface area contributed by atoms with Gasteiger partial charge in [-0.05, 0) is 90.8 Å². The average molecular weight is 504 g/mol. The van der Waals surface area contributed by atoms with Crippen molar-refractivity contribution in [3.05, 3.63) is 34.9 Å². The molecule has 1 aromatic carbocycles. The largest absolute Gasteiger partial charge is 0.444 e. The van der Waals surface area contributed by atoms with Crippen molar-refractivity contribution in [3.8, 4) is 0 Å². The van der Waals surface area contributed by atoms with Gasteiger partial charge in [-0.2, -0.15) is 0 Å². The molecule has 0 fully saturated rings. The normalized spacial score (nSPS) is 13.7. The minimum atomic E-state index is -0.821. The fourth-order valence-electron chi connectivity index (χ4n) is 4.00. The van der Waals surface area contributed by atoms with Crippen LogP contribution in [0.4, 0.5) is 4.79 Å². The summed E-state index contributed by atoms with van der Waals surface area (Å²) in [5.41, 5.74) is 1.65. The van der Waals surface area contributed by atoms with Crippen LogP contribution in [0.1, 0.15) is 104 Å².